The Bertz CT molecular complexity index is 508. The number of carbonyl (C=O) groups excluding carboxylic acids is 2. The lowest BCUT2D eigenvalue weighted by Crippen LogP contribution is -2.37. The summed E-state index contributed by atoms with van der Waals surface area (Å²) in [6.45, 7) is 5.11. The number of amides is 2. The predicted octanol–water partition coefficient (Wildman–Crippen LogP) is 1.97. The summed E-state index contributed by atoms with van der Waals surface area (Å²) in [5.41, 5.74) is 1.08. The van der Waals surface area contributed by atoms with Crippen molar-refractivity contribution in [2.45, 2.75) is 26.7 Å². The van der Waals surface area contributed by atoms with E-state index in [9.17, 15) is 9.59 Å². The molecule has 1 aliphatic heterocycles. The largest absolute Gasteiger partial charge is 0.326 e. The molecule has 108 valence electrons. The highest BCUT2D eigenvalue weighted by Crippen LogP contribution is 2.31. The molecule has 0 aliphatic carbocycles. The van der Waals surface area contributed by atoms with Gasteiger partial charge in [-0.1, -0.05) is 13.0 Å². The number of benzene rings is 1. The van der Waals surface area contributed by atoms with Crippen LogP contribution >= 0.6 is 0 Å². The van der Waals surface area contributed by atoms with Crippen molar-refractivity contribution >= 4 is 23.2 Å². The van der Waals surface area contributed by atoms with Crippen LogP contribution in [-0.4, -0.2) is 24.9 Å². The van der Waals surface area contributed by atoms with Crippen LogP contribution in [0.5, 0.6) is 0 Å². The monoisotopic (exact) mass is 275 g/mol. The van der Waals surface area contributed by atoms with Gasteiger partial charge in [-0.15, -0.1) is 0 Å². The molecule has 0 radical (unpaired) electrons. The molecule has 3 N–H and O–H groups in total. The molecule has 1 heterocycles. The van der Waals surface area contributed by atoms with Gasteiger partial charge in [0.25, 0.3) is 0 Å². The lowest BCUT2D eigenvalue weighted by atomic mass is 9.83. The van der Waals surface area contributed by atoms with Gasteiger partial charge in [-0.2, -0.15) is 0 Å². The van der Waals surface area contributed by atoms with Gasteiger partial charge in [0, 0.05) is 24.8 Å². The van der Waals surface area contributed by atoms with Crippen LogP contribution in [0, 0.1) is 5.41 Å². The molecule has 1 saturated heterocycles. The molecule has 2 amide bonds. The molecule has 5 heteroatoms. The van der Waals surface area contributed by atoms with Crippen LogP contribution in [-0.2, 0) is 9.59 Å². The molecule has 1 aromatic rings. The predicted molar refractivity (Wildman–Crippen MR) is 79.6 cm³/mol. The van der Waals surface area contributed by atoms with Gasteiger partial charge in [0.2, 0.25) is 11.8 Å². The average molecular weight is 275 g/mol. The summed E-state index contributed by atoms with van der Waals surface area (Å²) in [7, 11) is 0. The lowest BCUT2D eigenvalue weighted by molar-refractivity contribution is -0.124. The van der Waals surface area contributed by atoms with E-state index in [2.05, 4.69) is 16.0 Å². The molecule has 0 spiro atoms. The fourth-order valence-electron chi connectivity index (χ4n) is 2.54. The number of nitrogens with one attached hydrogen (secondary N) is 3. The zero-order chi connectivity index (χ0) is 14.6. The molecule has 1 atom stereocenters. The van der Waals surface area contributed by atoms with Crippen LogP contribution in [0.3, 0.4) is 0 Å². The number of hydrogen-bond acceptors (Lipinski definition) is 3. The first kappa shape index (κ1) is 14.5. The smallest absolute Gasteiger partial charge is 0.231 e. The molecular weight excluding hydrogens is 254 g/mol. The normalized spacial score (nSPS) is 21.5. The van der Waals surface area contributed by atoms with Crippen LogP contribution in [0.15, 0.2) is 24.3 Å². The van der Waals surface area contributed by atoms with Crippen LogP contribution in [0.25, 0.3) is 0 Å². The van der Waals surface area contributed by atoms with Crippen molar-refractivity contribution < 1.29 is 9.59 Å². The van der Waals surface area contributed by atoms with Gasteiger partial charge in [0.15, 0.2) is 0 Å². The fraction of sp³-hybridized carbons (Fsp3) is 0.467. The quantitative estimate of drug-likeness (QED) is 0.787. The van der Waals surface area contributed by atoms with Crippen LogP contribution in [0.1, 0.15) is 26.7 Å². The maximum atomic E-state index is 12.5. The Balaban J connectivity index is 2.09. The number of carbonyl (C=O) groups is 2. The van der Waals surface area contributed by atoms with Gasteiger partial charge >= 0.3 is 0 Å². The minimum atomic E-state index is -0.315. The minimum Gasteiger partial charge on any atom is -0.326 e. The van der Waals surface area contributed by atoms with E-state index >= 15 is 0 Å². The van der Waals surface area contributed by atoms with E-state index < -0.39 is 0 Å². The van der Waals surface area contributed by atoms with Crippen molar-refractivity contribution in [1.82, 2.24) is 5.32 Å². The summed E-state index contributed by atoms with van der Waals surface area (Å²) in [6, 6.07) is 7.20. The fourth-order valence-corrected chi connectivity index (χ4v) is 2.54. The first-order valence-electron chi connectivity index (χ1n) is 6.95. The molecule has 1 aliphatic rings. The minimum absolute atomic E-state index is 0.0463. The number of anilines is 2. The molecule has 0 bridgehead atoms. The van der Waals surface area contributed by atoms with Crippen molar-refractivity contribution in [2.24, 2.45) is 5.41 Å². The zero-order valence-corrected chi connectivity index (χ0v) is 12.0. The van der Waals surface area contributed by atoms with Crippen molar-refractivity contribution in [1.29, 1.82) is 0 Å². The highest BCUT2D eigenvalue weighted by Gasteiger charge is 2.39. The Labute approximate surface area is 119 Å². The standard InChI is InChI=1S/C15H21N3O2/c1-3-15(7-8-16-10-15)14(20)18-13-6-4-5-12(9-13)17-11(2)19/h4-6,9,16H,3,7-8,10H2,1-2H3,(H,17,19)(H,18,20). The van der Waals surface area contributed by atoms with E-state index in [0.717, 1.165) is 25.9 Å². The van der Waals surface area contributed by atoms with E-state index in [1.165, 1.54) is 6.92 Å². The van der Waals surface area contributed by atoms with Crippen molar-refractivity contribution in [3.05, 3.63) is 24.3 Å². The van der Waals surface area contributed by atoms with Crippen LogP contribution < -0.4 is 16.0 Å². The SMILES string of the molecule is CCC1(C(=O)Nc2cccc(NC(C)=O)c2)CCNC1. The van der Waals surface area contributed by atoms with E-state index in [-0.39, 0.29) is 17.2 Å². The third kappa shape index (κ3) is 3.17. The number of rotatable bonds is 4. The molecule has 20 heavy (non-hydrogen) atoms. The third-order valence-electron chi connectivity index (χ3n) is 3.84. The van der Waals surface area contributed by atoms with E-state index in [4.69, 9.17) is 0 Å². The van der Waals surface area contributed by atoms with E-state index in [1.807, 2.05) is 19.1 Å². The van der Waals surface area contributed by atoms with Gasteiger partial charge in [-0.3, -0.25) is 9.59 Å². The summed E-state index contributed by atoms with van der Waals surface area (Å²) >= 11 is 0. The Hall–Kier alpha value is -1.88. The van der Waals surface area contributed by atoms with E-state index in [0.29, 0.717) is 11.4 Å². The highest BCUT2D eigenvalue weighted by molar-refractivity contribution is 5.97. The summed E-state index contributed by atoms with van der Waals surface area (Å²) in [4.78, 5) is 23.5. The summed E-state index contributed by atoms with van der Waals surface area (Å²) in [5.74, 6) is -0.0801. The van der Waals surface area contributed by atoms with Gasteiger partial charge < -0.3 is 16.0 Å². The molecule has 1 fully saturated rings. The van der Waals surface area contributed by atoms with Gasteiger partial charge in [0.1, 0.15) is 0 Å². The van der Waals surface area contributed by atoms with Crippen molar-refractivity contribution in [2.75, 3.05) is 23.7 Å². The first-order valence-corrected chi connectivity index (χ1v) is 6.95. The summed E-state index contributed by atoms with van der Waals surface area (Å²) in [5, 5.41) is 8.92. The Kier molecular flexibility index (Phi) is 4.39. The average Bonchev–Trinajstić information content (AvgIpc) is 2.88. The molecule has 1 aromatic carbocycles. The van der Waals surface area contributed by atoms with Gasteiger partial charge in [0.05, 0.1) is 5.41 Å². The maximum absolute atomic E-state index is 12.5. The molecule has 2 rings (SSSR count). The second-order valence-electron chi connectivity index (χ2n) is 5.28. The summed E-state index contributed by atoms with van der Waals surface area (Å²) in [6.07, 6.45) is 1.68. The van der Waals surface area contributed by atoms with Gasteiger partial charge in [-0.25, -0.2) is 0 Å². The lowest BCUT2D eigenvalue weighted by Gasteiger charge is -2.25. The van der Waals surface area contributed by atoms with E-state index in [1.54, 1.807) is 12.1 Å². The Morgan fingerprint density at radius 1 is 1.30 bits per heavy atom. The topological polar surface area (TPSA) is 70.2 Å². The third-order valence-corrected chi connectivity index (χ3v) is 3.84. The number of hydrogen-bond donors (Lipinski definition) is 3. The molecule has 1 unspecified atom stereocenters. The first-order chi connectivity index (χ1) is 9.55. The molecule has 0 aromatic heterocycles. The Morgan fingerprint density at radius 3 is 2.55 bits per heavy atom. The molecule has 5 nitrogen and oxygen atoms in total. The zero-order valence-electron chi connectivity index (χ0n) is 12.0. The van der Waals surface area contributed by atoms with Crippen molar-refractivity contribution in [3.8, 4) is 0 Å². The van der Waals surface area contributed by atoms with Crippen LogP contribution in [0.4, 0.5) is 11.4 Å². The van der Waals surface area contributed by atoms with Crippen LogP contribution in [0.2, 0.25) is 0 Å². The highest BCUT2D eigenvalue weighted by atomic mass is 16.2. The summed E-state index contributed by atoms with van der Waals surface area (Å²) < 4.78 is 0. The maximum Gasteiger partial charge on any atom is 0.231 e. The molecular formula is C15H21N3O2. The molecule has 0 saturated carbocycles. The second-order valence-corrected chi connectivity index (χ2v) is 5.28. The van der Waals surface area contributed by atoms with Crippen molar-refractivity contribution in [3.63, 3.8) is 0 Å². The Morgan fingerprint density at radius 2 is 2.00 bits per heavy atom. The second kappa shape index (κ2) is 6.05. The van der Waals surface area contributed by atoms with Gasteiger partial charge in [-0.05, 0) is 37.6 Å².